The maximum atomic E-state index is 12.6. The monoisotopic (exact) mass is 282 g/mol. The van der Waals surface area contributed by atoms with Crippen molar-refractivity contribution < 1.29 is 9.59 Å². The topological polar surface area (TPSA) is 86.2 Å². The van der Waals surface area contributed by atoms with Crippen molar-refractivity contribution >= 4 is 22.9 Å². The first-order valence-corrected chi connectivity index (χ1v) is 6.63. The lowest BCUT2D eigenvalue weighted by Crippen LogP contribution is -2.33. The second kappa shape index (κ2) is 5.40. The number of hydrogen-bond donors (Lipinski definition) is 2. The molecular formula is C17H18N2O2. The van der Waals surface area contributed by atoms with E-state index in [1.165, 1.54) is 0 Å². The number of nitrogens with two attached hydrogens (primary N) is 2. The zero-order valence-electron chi connectivity index (χ0n) is 12.1. The summed E-state index contributed by atoms with van der Waals surface area (Å²) in [6, 6.07) is 13.1. The van der Waals surface area contributed by atoms with Crippen LogP contribution in [-0.2, 0) is 0 Å². The Kier molecular flexibility index (Phi) is 3.80. The molecule has 2 rings (SSSR count). The molecule has 0 aliphatic heterocycles. The van der Waals surface area contributed by atoms with E-state index in [0.717, 1.165) is 0 Å². The smallest absolute Gasteiger partial charge is 0.176 e. The molecule has 0 aliphatic carbocycles. The highest BCUT2D eigenvalue weighted by molar-refractivity contribution is 6.19. The molecule has 0 aliphatic rings. The summed E-state index contributed by atoms with van der Waals surface area (Å²) >= 11 is 0. The number of anilines is 2. The van der Waals surface area contributed by atoms with Crippen LogP contribution in [0.15, 0.2) is 48.5 Å². The fraction of sp³-hybridized carbons (Fsp3) is 0.176. The largest absolute Gasteiger partial charge is 0.399 e. The third kappa shape index (κ3) is 2.94. The SMILES string of the molecule is CC(C)(C(=O)c1ccc(N)cc1)C(=O)c1ccc(N)cc1. The lowest BCUT2D eigenvalue weighted by molar-refractivity contribution is 0.0711. The molecule has 0 fully saturated rings. The lowest BCUT2D eigenvalue weighted by atomic mass is 9.78. The van der Waals surface area contributed by atoms with Crippen molar-refractivity contribution in [3.8, 4) is 0 Å². The Morgan fingerprint density at radius 1 is 0.714 bits per heavy atom. The van der Waals surface area contributed by atoms with Gasteiger partial charge in [0.25, 0.3) is 0 Å². The Balaban J connectivity index is 2.32. The Labute approximate surface area is 123 Å². The Hall–Kier alpha value is -2.62. The second-order valence-corrected chi connectivity index (χ2v) is 5.53. The van der Waals surface area contributed by atoms with Crippen molar-refractivity contribution in [3.63, 3.8) is 0 Å². The summed E-state index contributed by atoms with van der Waals surface area (Å²) < 4.78 is 0. The number of benzene rings is 2. The average Bonchev–Trinajstić information content (AvgIpc) is 2.47. The van der Waals surface area contributed by atoms with E-state index in [9.17, 15) is 9.59 Å². The molecule has 0 saturated carbocycles. The molecule has 2 aromatic rings. The number of nitrogen functional groups attached to an aromatic ring is 2. The van der Waals surface area contributed by atoms with Crippen molar-refractivity contribution in [3.05, 3.63) is 59.7 Å². The van der Waals surface area contributed by atoms with Crippen molar-refractivity contribution in [2.75, 3.05) is 11.5 Å². The fourth-order valence-corrected chi connectivity index (χ4v) is 2.09. The van der Waals surface area contributed by atoms with Crippen LogP contribution in [-0.4, -0.2) is 11.6 Å². The van der Waals surface area contributed by atoms with Crippen LogP contribution in [0.25, 0.3) is 0 Å². The molecule has 0 spiro atoms. The van der Waals surface area contributed by atoms with E-state index in [-0.39, 0.29) is 11.6 Å². The molecule has 4 heteroatoms. The van der Waals surface area contributed by atoms with Crippen molar-refractivity contribution in [2.24, 2.45) is 5.41 Å². The van der Waals surface area contributed by atoms with Crippen LogP contribution >= 0.6 is 0 Å². The first-order chi connectivity index (χ1) is 9.82. The van der Waals surface area contributed by atoms with Crippen LogP contribution in [0.3, 0.4) is 0 Å². The van der Waals surface area contributed by atoms with Crippen LogP contribution in [0.1, 0.15) is 34.6 Å². The van der Waals surface area contributed by atoms with Crippen molar-refractivity contribution in [1.29, 1.82) is 0 Å². The average molecular weight is 282 g/mol. The minimum atomic E-state index is -1.15. The zero-order chi connectivity index (χ0) is 15.6. The molecule has 0 radical (unpaired) electrons. The highest BCUT2D eigenvalue weighted by atomic mass is 16.2. The van der Waals surface area contributed by atoms with Crippen LogP contribution in [0, 0.1) is 5.41 Å². The van der Waals surface area contributed by atoms with Crippen LogP contribution in [0.2, 0.25) is 0 Å². The number of ketones is 2. The molecule has 0 amide bonds. The van der Waals surface area contributed by atoms with Gasteiger partial charge in [0, 0.05) is 22.5 Å². The number of carbonyl (C=O) groups is 2. The van der Waals surface area contributed by atoms with Crippen molar-refractivity contribution in [1.82, 2.24) is 0 Å². The summed E-state index contributed by atoms with van der Waals surface area (Å²) in [5.74, 6) is -0.464. The van der Waals surface area contributed by atoms with E-state index < -0.39 is 5.41 Å². The quantitative estimate of drug-likeness (QED) is 0.513. The molecule has 4 nitrogen and oxygen atoms in total. The van der Waals surface area contributed by atoms with Gasteiger partial charge in [0.15, 0.2) is 11.6 Å². The van der Waals surface area contributed by atoms with E-state index in [4.69, 9.17) is 11.5 Å². The van der Waals surface area contributed by atoms with Crippen molar-refractivity contribution in [2.45, 2.75) is 13.8 Å². The molecule has 0 saturated heterocycles. The van der Waals surface area contributed by atoms with E-state index in [1.807, 2.05) is 0 Å². The summed E-state index contributed by atoms with van der Waals surface area (Å²) in [7, 11) is 0. The van der Waals surface area contributed by atoms with E-state index in [0.29, 0.717) is 22.5 Å². The maximum Gasteiger partial charge on any atom is 0.176 e. The van der Waals surface area contributed by atoms with Gasteiger partial charge in [-0.15, -0.1) is 0 Å². The van der Waals surface area contributed by atoms with E-state index in [1.54, 1.807) is 62.4 Å². The molecule has 0 heterocycles. The summed E-state index contributed by atoms with van der Waals surface area (Å²) in [6.45, 7) is 3.26. The van der Waals surface area contributed by atoms with Crippen LogP contribution in [0.5, 0.6) is 0 Å². The molecule has 0 aromatic heterocycles. The molecule has 108 valence electrons. The third-order valence-corrected chi connectivity index (χ3v) is 3.48. The van der Waals surface area contributed by atoms with Gasteiger partial charge in [-0.25, -0.2) is 0 Å². The molecule has 2 aromatic carbocycles. The van der Waals surface area contributed by atoms with Gasteiger partial charge in [0.05, 0.1) is 5.41 Å². The Morgan fingerprint density at radius 2 is 1.00 bits per heavy atom. The summed E-state index contributed by atoms with van der Waals surface area (Å²) in [6.07, 6.45) is 0. The van der Waals surface area contributed by atoms with Gasteiger partial charge >= 0.3 is 0 Å². The Bertz CT molecular complexity index is 611. The molecule has 0 atom stereocenters. The summed E-state index contributed by atoms with van der Waals surface area (Å²) in [4.78, 5) is 25.1. The predicted octanol–water partition coefficient (Wildman–Crippen LogP) is 2.94. The molecular weight excluding hydrogens is 264 g/mol. The zero-order valence-corrected chi connectivity index (χ0v) is 12.1. The molecule has 0 bridgehead atoms. The minimum absolute atomic E-state index is 0.232. The van der Waals surface area contributed by atoms with Gasteiger partial charge in [0.1, 0.15) is 0 Å². The number of rotatable bonds is 4. The fourth-order valence-electron chi connectivity index (χ4n) is 2.09. The predicted molar refractivity (Wildman–Crippen MR) is 84.2 cm³/mol. The van der Waals surface area contributed by atoms with E-state index in [2.05, 4.69) is 0 Å². The molecule has 21 heavy (non-hydrogen) atoms. The Morgan fingerprint density at radius 3 is 1.29 bits per heavy atom. The van der Waals surface area contributed by atoms with Gasteiger partial charge in [0.2, 0.25) is 0 Å². The minimum Gasteiger partial charge on any atom is -0.399 e. The van der Waals surface area contributed by atoms with E-state index >= 15 is 0 Å². The second-order valence-electron chi connectivity index (χ2n) is 5.53. The maximum absolute atomic E-state index is 12.6. The first-order valence-electron chi connectivity index (χ1n) is 6.63. The number of Topliss-reactive ketones (excluding diaryl/α,β-unsaturated/α-hetero) is 2. The van der Waals surface area contributed by atoms with Gasteiger partial charge in [-0.05, 0) is 62.4 Å². The third-order valence-electron chi connectivity index (χ3n) is 3.48. The van der Waals surface area contributed by atoms with Gasteiger partial charge in [-0.1, -0.05) is 0 Å². The van der Waals surface area contributed by atoms with Gasteiger partial charge in [-0.3, -0.25) is 9.59 Å². The van der Waals surface area contributed by atoms with Gasteiger partial charge in [-0.2, -0.15) is 0 Å². The molecule has 4 N–H and O–H groups in total. The van der Waals surface area contributed by atoms with Crippen LogP contribution in [0.4, 0.5) is 11.4 Å². The van der Waals surface area contributed by atoms with Gasteiger partial charge < -0.3 is 11.5 Å². The number of hydrogen-bond acceptors (Lipinski definition) is 4. The normalized spacial score (nSPS) is 11.1. The summed E-state index contributed by atoms with van der Waals surface area (Å²) in [5.41, 5.74) is 12.2. The molecule has 0 unspecified atom stereocenters. The summed E-state index contributed by atoms with van der Waals surface area (Å²) in [5, 5.41) is 0. The highest BCUT2D eigenvalue weighted by Crippen LogP contribution is 2.27. The lowest BCUT2D eigenvalue weighted by Gasteiger charge is -2.22. The van der Waals surface area contributed by atoms with Crippen LogP contribution < -0.4 is 11.5 Å². The number of carbonyl (C=O) groups excluding carboxylic acids is 2. The first kappa shape index (κ1) is 14.8. The highest BCUT2D eigenvalue weighted by Gasteiger charge is 2.36. The standard InChI is InChI=1S/C17H18N2O2/c1-17(2,15(20)11-3-7-13(18)8-4-11)16(21)12-5-9-14(19)10-6-12/h3-10H,18-19H2,1-2H3.